The maximum atomic E-state index is 12.9. The molecule has 2 aromatic carbocycles. The summed E-state index contributed by atoms with van der Waals surface area (Å²) in [5, 5.41) is 10.7. The number of amides is 2. The average molecular weight is 363 g/mol. The van der Waals surface area contributed by atoms with Gasteiger partial charge in [0.05, 0.1) is 23.8 Å². The first-order valence-electron chi connectivity index (χ1n) is 8.99. The number of anilines is 1. The van der Waals surface area contributed by atoms with Crippen molar-refractivity contribution in [2.24, 2.45) is 0 Å². The molecule has 0 atom stereocenters. The van der Waals surface area contributed by atoms with Crippen molar-refractivity contribution in [1.29, 1.82) is 0 Å². The molecule has 7 heteroatoms. The minimum absolute atomic E-state index is 0.00163. The van der Waals surface area contributed by atoms with Crippen molar-refractivity contribution >= 4 is 28.4 Å². The molecule has 0 radical (unpaired) electrons. The minimum Gasteiger partial charge on any atom is -0.336 e. The van der Waals surface area contributed by atoms with E-state index in [9.17, 15) is 9.59 Å². The molecule has 2 heterocycles. The number of benzene rings is 2. The number of piperazine rings is 1. The van der Waals surface area contributed by atoms with E-state index in [4.69, 9.17) is 0 Å². The van der Waals surface area contributed by atoms with Gasteiger partial charge in [-0.15, -0.1) is 0 Å². The normalized spacial score (nSPS) is 15.0. The summed E-state index contributed by atoms with van der Waals surface area (Å²) < 4.78 is 0. The highest BCUT2D eigenvalue weighted by atomic mass is 16.2. The van der Waals surface area contributed by atoms with Crippen LogP contribution in [0.3, 0.4) is 0 Å². The molecule has 1 aromatic heterocycles. The molecule has 3 aromatic rings. The van der Waals surface area contributed by atoms with Gasteiger partial charge in [-0.3, -0.25) is 19.6 Å². The third-order valence-electron chi connectivity index (χ3n) is 4.79. The lowest BCUT2D eigenvalue weighted by Crippen LogP contribution is -2.50. The van der Waals surface area contributed by atoms with Crippen molar-refractivity contribution in [3.05, 3.63) is 60.3 Å². The smallest absolute Gasteiger partial charge is 0.256 e. The van der Waals surface area contributed by atoms with Crippen molar-refractivity contribution in [2.75, 3.05) is 38.0 Å². The van der Waals surface area contributed by atoms with Gasteiger partial charge in [0, 0.05) is 37.3 Å². The van der Waals surface area contributed by atoms with Crippen molar-refractivity contribution in [3.8, 4) is 0 Å². The van der Waals surface area contributed by atoms with Gasteiger partial charge in [0.15, 0.2) is 0 Å². The Morgan fingerprint density at radius 3 is 2.56 bits per heavy atom. The Morgan fingerprint density at radius 2 is 1.78 bits per heavy atom. The number of carbonyl (C=O) groups is 2. The molecule has 138 valence electrons. The Kier molecular flexibility index (Phi) is 4.84. The van der Waals surface area contributed by atoms with Gasteiger partial charge < -0.3 is 10.2 Å². The van der Waals surface area contributed by atoms with Crippen LogP contribution in [-0.4, -0.2) is 64.5 Å². The molecule has 27 heavy (non-hydrogen) atoms. The standard InChI is InChI=1S/C20H21N5O2/c26-18(22-16-6-2-1-3-7-16)14-24-9-11-25(12-10-24)20(27)17-8-4-5-15-13-21-23-19(15)17/h1-8,13H,9-12,14H2,(H,21,23)(H,22,26). The molecule has 0 unspecified atom stereocenters. The van der Waals surface area contributed by atoms with E-state index in [1.54, 1.807) is 6.20 Å². The Morgan fingerprint density at radius 1 is 1.00 bits per heavy atom. The fourth-order valence-corrected chi connectivity index (χ4v) is 3.35. The van der Waals surface area contributed by atoms with Gasteiger partial charge in [-0.25, -0.2) is 0 Å². The van der Waals surface area contributed by atoms with Crippen LogP contribution in [0.2, 0.25) is 0 Å². The number of hydrogen-bond donors (Lipinski definition) is 2. The Hall–Kier alpha value is -3.19. The molecule has 1 aliphatic heterocycles. The quantitative estimate of drug-likeness (QED) is 0.742. The van der Waals surface area contributed by atoms with Crippen LogP contribution in [0.5, 0.6) is 0 Å². The van der Waals surface area contributed by atoms with Gasteiger partial charge in [-0.1, -0.05) is 30.3 Å². The van der Waals surface area contributed by atoms with Crippen molar-refractivity contribution in [1.82, 2.24) is 20.0 Å². The molecule has 1 fully saturated rings. The maximum absolute atomic E-state index is 12.9. The van der Waals surface area contributed by atoms with Crippen LogP contribution in [0.25, 0.3) is 10.9 Å². The highest BCUT2D eigenvalue weighted by molar-refractivity contribution is 6.05. The lowest BCUT2D eigenvalue weighted by Gasteiger charge is -2.34. The first-order valence-corrected chi connectivity index (χ1v) is 8.99. The van der Waals surface area contributed by atoms with E-state index < -0.39 is 0 Å². The SMILES string of the molecule is O=C(CN1CCN(C(=O)c2cccc3cn[nH]c23)CC1)Nc1ccccc1. The van der Waals surface area contributed by atoms with Gasteiger partial charge in [0.2, 0.25) is 5.91 Å². The second-order valence-corrected chi connectivity index (χ2v) is 6.62. The second-order valence-electron chi connectivity index (χ2n) is 6.62. The molecule has 0 spiro atoms. The first-order chi connectivity index (χ1) is 13.2. The van der Waals surface area contributed by atoms with E-state index in [-0.39, 0.29) is 11.8 Å². The maximum Gasteiger partial charge on any atom is 0.256 e. The molecule has 0 aliphatic carbocycles. The summed E-state index contributed by atoms with van der Waals surface area (Å²) in [5.41, 5.74) is 2.21. The summed E-state index contributed by atoms with van der Waals surface area (Å²) in [7, 11) is 0. The molecule has 1 aliphatic rings. The number of aromatic amines is 1. The molecular weight excluding hydrogens is 342 g/mol. The summed E-state index contributed by atoms with van der Waals surface area (Å²) in [5.74, 6) is -0.0403. The molecule has 2 N–H and O–H groups in total. The van der Waals surface area contributed by atoms with Crippen LogP contribution in [0.4, 0.5) is 5.69 Å². The molecule has 4 rings (SSSR count). The predicted molar refractivity (Wildman–Crippen MR) is 104 cm³/mol. The summed E-state index contributed by atoms with van der Waals surface area (Å²) in [6, 6.07) is 15.0. The van der Waals surface area contributed by atoms with Gasteiger partial charge in [-0.2, -0.15) is 5.10 Å². The van der Waals surface area contributed by atoms with Crippen LogP contribution in [-0.2, 0) is 4.79 Å². The summed E-state index contributed by atoms with van der Waals surface area (Å²) >= 11 is 0. The zero-order valence-electron chi connectivity index (χ0n) is 14.9. The Balaban J connectivity index is 1.33. The number of nitrogens with one attached hydrogen (secondary N) is 2. The minimum atomic E-state index is -0.0387. The van der Waals surface area contributed by atoms with Gasteiger partial charge in [0.25, 0.3) is 5.91 Å². The fraction of sp³-hybridized carbons (Fsp3) is 0.250. The van der Waals surface area contributed by atoms with Crippen LogP contribution in [0.1, 0.15) is 10.4 Å². The van der Waals surface area contributed by atoms with E-state index in [1.807, 2.05) is 53.4 Å². The van der Waals surface area contributed by atoms with Crippen LogP contribution in [0.15, 0.2) is 54.7 Å². The van der Waals surface area contributed by atoms with Crippen LogP contribution >= 0.6 is 0 Å². The Labute approximate surface area is 157 Å². The molecule has 0 saturated carbocycles. The topological polar surface area (TPSA) is 81.3 Å². The van der Waals surface area contributed by atoms with E-state index in [1.165, 1.54) is 0 Å². The highest BCUT2D eigenvalue weighted by Gasteiger charge is 2.24. The van der Waals surface area contributed by atoms with Gasteiger partial charge >= 0.3 is 0 Å². The third-order valence-corrected chi connectivity index (χ3v) is 4.79. The predicted octanol–water partition coefficient (Wildman–Crippen LogP) is 1.96. The Bertz CT molecular complexity index is 945. The third kappa shape index (κ3) is 3.83. The monoisotopic (exact) mass is 363 g/mol. The number of para-hydroxylation sites is 2. The highest BCUT2D eigenvalue weighted by Crippen LogP contribution is 2.18. The first kappa shape index (κ1) is 17.2. The summed E-state index contributed by atoms with van der Waals surface area (Å²) in [6.45, 7) is 2.87. The lowest BCUT2D eigenvalue weighted by atomic mass is 10.1. The zero-order valence-corrected chi connectivity index (χ0v) is 14.9. The largest absolute Gasteiger partial charge is 0.336 e. The number of hydrogen-bond acceptors (Lipinski definition) is 4. The number of carbonyl (C=O) groups excluding carboxylic acids is 2. The number of H-pyrrole nitrogens is 1. The van der Waals surface area contributed by atoms with E-state index in [2.05, 4.69) is 20.4 Å². The van der Waals surface area contributed by atoms with Gasteiger partial charge in [-0.05, 0) is 18.2 Å². The van der Waals surface area contributed by atoms with Crippen molar-refractivity contribution in [3.63, 3.8) is 0 Å². The number of fused-ring (bicyclic) bond motifs is 1. The van der Waals surface area contributed by atoms with E-state index in [0.29, 0.717) is 38.3 Å². The summed E-state index contributed by atoms with van der Waals surface area (Å²) in [6.07, 6.45) is 1.72. The van der Waals surface area contributed by atoms with E-state index >= 15 is 0 Å². The van der Waals surface area contributed by atoms with Crippen molar-refractivity contribution in [2.45, 2.75) is 0 Å². The molecule has 7 nitrogen and oxygen atoms in total. The summed E-state index contributed by atoms with van der Waals surface area (Å²) in [4.78, 5) is 29.0. The van der Waals surface area contributed by atoms with Crippen molar-refractivity contribution < 1.29 is 9.59 Å². The van der Waals surface area contributed by atoms with Crippen LogP contribution < -0.4 is 5.32 Å². The second kappa shape index (κ2) is 7.59. The number of rotatable bonds is 4. The molecule has 1 saturated heterocycles. The molecule has 0 bridgehead atoms. The van der Waals surface area contributed by atoms with E-state index in [0.717, 1.165) is 16.6 Å². The van der Waals surface area contributed by atoms with Crippen LogP contribution in [0, 0.1) is 0 Å². The number of aromatic nitrogens is 2. The fourth-order valence-electron chi connectivity index (χ4n) is 3.35. The molecular formula is C20H21N5O2. The average Bonchev–Trinajstić information content (AvgIpc) is 3.17. The lowest BCUT2D eigenvalue weighted by molar-refractivity contribution is -0.117. The zero-order chi connectivity index (χ0) is 18.6. The number of nitrogens with zero attached hydrogens (tertiary/aromatic N) is 3. The molecule has 2 amide bonds. The van der Waals surface area contributed by atoms with Gasteiger partial charge in [0.1, 0.15) is 0 Å².